The Labute approximate surface area is 209 Å². The fraction of sp³-hybridized carbons (Fsp3) is 0.296. The summed E-state index contributed by atoms with van der Waals surface area (Å²) >= 11 is 0. The average molecular weight is 488 g/mol. The lowest BCUT2D eigenvalue weighted by Gasteiger charge is -2.26. The maximum Gasteiger partial charge on any atom is 0.240 e. The van der Waals surface area contributed by atoms with Crippen molar-refractivity contribution in [1.29, 1.82) is 0 Å². The molecule has 0 atom stereocenters. The van der Waals surface area contributed by atoms with E-state index in [2.05, 4.69) is 22.0 Å². The van der Waals surface area contributed by atoms with Crippen LogP contribution >= 0.6 is 0 Å². The van der Waals surface area contributed by atoms with Crippen molar-refractivity contribution in [3.8, 4) is 22.8 Å². The molecule has 2 aromatic carbocycles. The van der Waals surface area contributed by atoms with E-state index < -0.39 is 0 Å². The Morgan fingerprint density at radius 2 is 1.97 bits per heavy atom. The van der Waals surface area contributed by atoms with E-state index in [1.165, 1.54) is 4.90 Å². The Morgan fingerprint density at radius 1 is 1.14 bits per heavy atom. The number of nitrogens with zero attached hydrogens (tertiary/aromatic N) is 4. The Bertz CT molecular complexity index is 1440. The fourth-order valence-corrected chi connectivity index (χ4v) is 4.60. The molecule has 0 aliphatic carbocycles. The largest absolute Gasteiger partial charge is 0.493 e. The van der Waals surface area contributed by atoms with Crippen LogP contribution in [0.4, 0.5) is 5.82 Å². The summed E-state index contributed by atoms with van der Waals surface area (Å²) in [6.45, 7) is 3.17. The quantitative estimate of drug-likeness (QED) is 0.411. The van der Waals surface area contributed by atoms with Crippen molar-refractivity contribution in [3.63, 3.8) is 0 Å². The van der Waals surface area contributed by atoms with Gasteiger partial charge in [0.15, 0.2) is 11.5 Å². The smallest absolute Gasteiger partial charge is 0.240 e. The molecule has 9 heteroatoms. The summed E-state index contributed by atoms with van der Waals surface area (Å²) in [6, 6.07) is 15.6. The van der Waals surface area contributed by atoms with Gasteiger partial charge in [0, 0.05) is 48.7 Å². The number of rotatable bonds is 8. The summed E-state index contributed by atoms with van der Waals surface area (Å²) in [5.41, 5.74) is 3.76. The second-order valence-corrected chi connectivity index (χ2v) is 8.71. The first kappa shape index (κ1) is 23.5. The van der Waals surface area contributed by atoms with Crippen molar-refractivity contribution in [2.45, 2.75) is 26.4 Å². The number of carbonyl (C=O) groups excluding carboxylic acids is 2. The zero-order chi connectivity index (χ0) is 25.2. The molecule has 0 spiro atoms. The maximum atomic E-state index is 12.8. The number of aryl methyl sites for hydroxylation is 2. The molecule has 9 nitrogen and oxygen atoms in total. The van der Waals surface area contributed by atoms with E-state index in [0.717, 1.165) is 27.7 Å². The molecule has 1 aliphatic heterocycles. The Morgan fingerprint density at radius 3 is 2.78 bits per heavy atom. The lowest BCUT2D eigenvalue weighted by atomic mass is 10.1. The number of nitrogens with one attached hydrogen (secondary N) is 1. The highest BCUT2D eigenvalue weighted by Crippen LogP contribution is 2.33. The summed E-state index contributed by atoms with van der Waals surface area (Å²) in [6.07, 6.45) is 2.34. The van der Waals surface area contributed by atoms with Crippen molar-refractivity contribution >= 4 is 28.5 Å². The van der Waals surface area contributed by atoms with E-state index in [0.29, 0.717) is 43.4 Å². The predicted molar refractivity (Wildman–Crippen MR) is 137 cm³/mol. The van der Waals surface area contributed by atoms with Gasteiger partial charge in [-0.25, -0.2) is 4.68 Å². The van der Waals surface area contributed by atoms with E-state index >= 15 is 0 Å². The lowest BCUT2D eigenvalue weighted by molar-refractivity contribution is -0.124. The summed E-state index contributed by atoms with van der Waals surface area (Å²) in [4.78, 5) is 27.1. The Hall–Kier alpha value is -4.27. The number of para-hydroxylation sites is 1. The third kappa shape index (κ3) is 4.39. The van der Waals surface area contributed by atoms with Gasteiger partial charge < -0.3 is 19.4 Å². The van der Waals surface area contributed by atoms with Crippen LogP contribution in [0.3, 0.4) is 0 Å². The molecule has 0 saturated heterocycles. The van der Waals surface area contributed by atoms with E-state index in [9.17, 15) is 9.59 Å². The second-order valence-electron chi connectivity index (χ2n) is 8.71. The molecule has 4 aromatic rings. The highest BCUT2D eigenvalue weighted by atomic mass is 16.5. The maximum absolute atomic E-state index is 12.8. The van der Waals surface area contributed by atoms with Crippen molar-refractivity contribution in [3.05, 3.63) is 60.3 Å². The van der Waals surface area contributed by atoms with Gasteiger partial charge in [0.1, 0.15) is 12.4 Å². The van der Waals surface area contributed by atoms with Crippen LogP contribution in [0.1, 0.15) is 18.9 Å². The highest BCUT2D eigenvalue weighted by Gasteiger charge is 2.28. The van der Waals surface area contributed by atoms with Gasteiger partial charge >= 0.3 is 0 Å². The number of carbonyl (C=O) groups is 2. The van der Waals surface area contributed by atoms with Crippen LogP contribution in [0.2, 0.25) is 0 Å². The molecular formula is C27H29N5O4. The third-order valence-corrected chi connectivity index (χ3v) is 6.37. The number of methoxy groups -OCH3 is 1. The first-order valence-corrected chi connectivity index (χ1v) is 12.0. The molecule has 186 valence electrons. The van der Waals surface area contributed by atoms with Crippen LogP contribution < -0.4 is 19.7 Å². The second kappa shape index (κ2) is 9.77. The zero-order valence-electron chi connectivity index (χ0n) is 20.7. The predicted octanol–water partition coefficient (Wildman–Crippen LogP) is 3.50. The summed E-state index contributed by atoms with van der Waals surface area (Å²) in [7, 11) is 3.58. The van der Waals surface area contributed by atoms with Crippen LogP contribution in [-0.2, 0) is 29.7 Å². The SMILES string of the molecule is CCOc1ccc(CNC(=O)CN2C(=O)CCn3nc(-c4cn(C)c5ccccc45)cc32)cc1OC. The fourth-order valence-electron chi connectivity index (χ4n) is 4.60. The molecule has 36 heavy (non-hydrogen) atoms. The van der Waals surface area contributed by atoms with Gasteiger partial charge in [0.25, 0.3) is 0 Å². The normalized spacial score (nSPS) is 13.1. The first-order valence-electron chi connectivity index (χ1n) is 12.0. The number of benzene rings is 2. The van der Waals surface area contributed by atoms with E-state index in [-0.39, 0.29) is 18.4 Å². The van der Waals surface area contributed by atoms with Crippen LogP contribution in [0.15, 0.2) is 54.7 Å². The van der Waals surface area contributed by atoms with Gasteiger partial charge in [0.05, 0.1) is 26.0 Å². The average Bonchev–Trinajstić information content (AvgIpc) is 3.47. The molecule has 0 saturated carbocycles. The van der Waals surface area contributed by atoms with Gasteiger partial charge in [-0.2, -0.15) is 5.10 Å². The van der Waals surface area contributed by atoms with E-state index in [1.54, 1.807) is 7.11 Å². The number of amides is 2. The number of ether oxygens (including phenoxy) is 2. The van der Waals surface area contributed by atoms with Gasteiger partial charge in [0.2, 0.25) is 11.8 Å². The molecule has 1 aliphatic rings. The minimum atomic E-state index is -0.252. The van der Waals surface area contributed by atoms with Gasteiger partial charge in [-0.05, 0) is 30.7 Å². The number of hydrogen-bond acceptors (Lipinski definition) is 5. The summed E-state index contributed by atoms with van der Waals surface area (Å²) in [5.74, 6) is 1.55. The number of anilines is 1. The van der Waals surface area contributed by atoms with Gasteiger partial charge in [-0.3, -0.25) is 14.5 Å². The minimum Gasteiger partial charge on any atom is -0.493 e. The van der Waals surface area contributed by atoms with E-state index in [1.807, 2.05) is 61.2 Å². The van der Waals surface area contributed by atoms with Crippen molar-refractivity contribution in [1.82, 2.24) is 19.7 Å². The molecular weight excluding hydrogens is 458 g/mol. The molecule has 0 unspecified atom stereocenters. The summed E-state index contributed by atoms with van der Waals surface area (Å²) in [5, 5.41) is 8.76. The first-order chi connectivity index (χ1) is 17.5. The monoisotopic (exact) mass is 487 g/mol. The van der Waals surface area contributed by atoms with Crippen LogP contribution in [0, 0.1) is 0 Å². The topological polar surface area (TPSA) is 90.6 Å². The van der Waals surface area contributed by atoms with Gasteiger partial charge in [-0.1, -0.05) is 24.3 Å². The highest BCUT2D eigenvalue weighted by molar-refractivity contribution is 6.00. The minimum absolute atomic E-state index is 0.0757. The standard InChI is InChI=1S/C27H29N5O4/c1-4-36-23-10-9-18(13-24(23)35-3)15-28-25(33)17-31-26-14-21(29-32(26)12-11-27(31)34)20-16-30(2)22-8-6-5-7-19(20)22/h5-10,13-14,16H,4,11-12,15,17H2,1-3H3,(H,28,33). The molecule has 0 bridgehead atoms. The van der Waals surface area contributed by atoms with Crippen LogP contribution in [-0.4, -0.2) is 46.4 Å². The molecule has 3 heterocycles. The molecule has 1 N–H and O–H groups in total. The number of fused-ring (bicyclic) bond motifs is 2. The molecule has 2 aromatic heterocycles. The van der Waals surface area contributed by atoms with Crippen molar-refractivity contribution < 1.29 is 19.1 Å². The zero-order valence-corrected chi connectivity index (χ0v) is 20.7. The number of aromatic nitrogens is 3. The molecule has 2 amide bonds. The third-order valence-electron chi connectivity index (χ3n) is 6.37. The van der Waals surface area contributed by atoms with Crippen LogP contribution in [0.25, 0.3) is 22.2 Å². The van der Waals surface area contributed by atoms with Crippen molar-refractivity contribution in [2.75, 3.05) is 25.2 Å². The Balaban J connectivity index is 1.32. The number of hydrogen-bond donors (Lipinski definition) is 1. The van der Waals surface area contributed by atoms with E-state index in [4.69, 9.17) is 14.6 Å². The summed E-state index contributed by atoms with van der Waals surface area (Å²) < 4.78 is 14.8. The van der Waals surface area contributed by atoms with Gasteiger partial charge in [-0.15, -0.1) is 0 Å². The molecule has 5 rings (SSSR count). The lowest BCUT2D eigenvalue weighted by Crippen LogP contribution is -2.44. The molecule has 0 radical (unpaired) electrons. The van der Waals surface area contributed by atoms with Crippen molar-refractivity contribution in [2.24, 2.45) is 7.05 Å². The molecule has 0 fully saturated rings. The Kier molecular flexibility index (Phi) is 6.37. The van der Waals surface area contributed by atoms with Crippen LogP contribution in [0.5, 0.6) is 11.5 Å².